The summed E-state index contributed by atoms with van der Waals surface area (Å²) in [6.07, 6.45) is 2.65. The molecule has 23 heavy (non-hydrogen) atoms. The zero-order chi connectivity index (χ0) is 15.6. The van der Waals surface area contributed by atoms with Crippen LogP contribution in [-0.4, -0.2) is 59.3 Å². The Hall–Kier alpha value is -1.92. The van der Waals surface area contributed by atoms with E-state index in [0.717, 1.165) is 37.5 Å². The number of aromatic nitrogens is 2. The summed E-state index contributed by atoms with van der Waals surface area (Å²) < 4.78 is 10.6. The van der Waals surface area contributed by atoms with Crippen LogP contribution in [0.5, 0.6) is 5.75 Å². The van der Waals surface area contributed by atoms with Gasteiger partial charge in [0.2, 0.25) is 11.7 Å². The lowest BCUT2D eigenvalue weighted by Crippen LogP contribution is -2.49. The van der Waals surface area contributed by atoms with Gasteiger partial charge in [-0.3, -0.25) is 9.80 Å². The molecule has 2 aliphatic heterocycles. The number of methoxy groups -OCH3 is 1. The van der Waals surface area contributed by atoms with Crippen molar-refractivity contribution in [2.24, 2.45) is 0 Å². The van der Waals surface area contributed by atoms with Crippen molar-refractivity contribution < 1.29 is 9.26 Å². The lowest BCUT2D eigenvalue weighted by molar-refractivity contribution is 0.0908. The fourth-order valence-corrected chi connectivity index (χ4v) is 3.57. The Morgan fingerprint density at radius 1 is 1.22 bits per heavy atom. The van der Waals surface area contributed by atoms with Crippen LogP contribution < -0.4 is 4.74 Å². The highest BCUT2D eigenvalue weighted by atomic mass is 16.5. The van der Waals surface area contributed by atoms with E-state index in [2.05, 4.69) is 19.9 Å². The van der Waals surface area contributed by atoms with Crippen molar-refractivity contribution in [2.75, 3.05) is 33.3 Å². The van der Waals surface area contributed by atoms with E-state index in [0.29, 0.717) is 17.8 Å². The Labute approximate surface area is 136 Å². The monoisotopic (exact) mass is 314 g/mol. The average Bonchev–Trinajstić information content (AvgIpc) is 3.24. The second-order valence-electron chi connectivity index (χ2n) is 6.31. The van der Waals surface area contributed by atoms with Crippen molar-refractivity contribution in [2.45, 2.75) is 25.4 Å². The lowest BCUT2D eigenvalue weighted by Gasteiger charge is -2.36. The van der Waals surface area contributed by atoms with Crippen molar-refractivity contribution in [3.8, 4) is 17.1 Å². The molecule has 6 heteroatoms. The molecule has 1 aromatic carbocycles. The summed E-state index contributed by atoms with van der Waals surface area (Å²) in [5, 5.41) is 4.11. The zero-order valence-corrected chi connectivity index (χ0v) is 13.4. The molecule has 2 aliphatic rings. The second kappa shape index (κ2) is 6.29. The number of rotatable bonds is 4. The van der Waals surface area contributed by atoms with E-state index in [1.807, 2.05) is 24.3 Å². The van der Waals surface area contributed by atoms with Gasteiger partial charge in [-0.15, -0.1) is 0 Å². The molecule has 0 amide bonds. The summed E-state index contributed by atoms with van der Waals surface area (Å²) in [6.45, 7) is 5.36. The molecule has 2 fully saturated rings. The van der Waals surface area contributed by atoms with E-state index in [-0.39, 0.29) is 0 Å². The number of piperazine rings is 1. The average molecular weight is 314 g/mol. The number of benzene rings is 1. The molecule has 122 valence electrons. The maximum absolute atomic E-state index is 5.44. The van der Waals surface area contributed by atoms with Crippen molar-refractivity contribution in [3.63, 3.8) is 0 Å². The van der Waals surface area contributed by atoms with Gasteiger partial charge in [-0.25, -0.2) is 0 Å². The molecular weight excluding hydrogens is 292 g/mol. The molecular formula is C17H22N4O2. The summed E-state index contributed by atoms with van der Waals surface area (Å²) in [6, 6.07) is 8.43. The first-order chi connectivity index (χ1) is 11.3. The van der Waals surface area contributed by atoms with Crippen LogP contribution in [0.2, 0.25) is 0 Å². The van der Waals surface area contributed by atoms with E-state index < -0.39 is 0 Å². The lowest BCUT2D eigenvalue weighted by atomic mass is 10.1. The van der Waals surface area contributed by atoms with Crippen molar-refractivity contribution >= 4 is 0 Å². The predicted molar refractivity (Wildman–Crippen MR) is 86.2 cm³/mol. The summed E-state index contributed by atoms with van der Waals surface area (Å²) >= 11 is 0. The minimum Gasteiger partial charge on any atom is -0.497 e. The third kappa shape index (κ3) is 3.09. The fourth-order valence-electron chi connectivity index (χ4n) is 3.57. The van der Waals surface area contributed by atoms with Crippen LogP contribution in [0.25, 0.3) is 11.4 Å². The normalized spacial score (nSPS) is 22.2. The summed E-state index contributed by atoms with van der Waals surface area (Å²) in [5.74, 6) is 2.16. The van der Waals surface area contributed by atoms with Gasteiger partial charge in [0.1, 0.15) is 5.75 Å². The predicted octanol–water partition coefficient (Wildman–Crippen LogP) is 2.03. The topological polar surface area (TPSA) is 54.6 Å². The maximum Gasteiger partial charge on any atom is 0.241 e. The molecule has 0 unspecified atom stereocenters. The Bertz CT molecular complexity index is 655. The van der Waals surface area contributed by atoms with Gasteiger partial charge in [-0.2, -0.15) is 4.98 Å². The number of hydrogen-bond donors (Lipinski definition) is 0. The van der Waals surface area contributed by atoms with E-state index in [4.69, 9.17) is 9.26 Å². The van der Waals surface area contributed by atoms with Crippen LogP contribution in [0.15, 0.2) is 28.8 Å². The van der Waals surface area contributed by atoms with E-state index >= 15 is 0 Å². The van der Waals surface area contributed by atoms with Crippen molar-refractivity contribution in [1.29, 1.82) is 0 Å². The highest BCUT2D eigenvalue weighted by Gasteiger charge is 2.31. The fraction of sp³-hybridized carbons (Fsp3) is 0.529. The minimum absolute atomic E-state index is 0.641. The van der Waals surface area contributed by atoms with Gasteiger partial charge in [-0.1, -0.05) is 5.16 Å². The van der Waals surface area contributed by atoms with Gasteiger partial charge in [0.25, 0.3) is 0 Å². The largest absolute Gasteiger partial charge is 0.497 e. The Balaban J connectivity index is 1.41. The van der Waals surface area contributed by atoms with Crippen LogP contribution in [-0.2, 0) is 6.54 Å². The second-order valence-corrected chi connectivity index (χ2v) is 6.31. The molecule has 1 aromatic heterocycles. The molecule has 4 rings (SSSR count). The van der Waals surface area contributed by atoms with E-state index in [9.17, 15) is 0 Å². The molecule has 0 spiro atoms. The van der Waals surface area contributed by atoms with Crippen LogP contribution >= 0.6 is 0 Å². The molecule has 1 atom stereocenters. The zero-order valence-electron chi connectivity index (χ0n) is 13.4. The highest BCUT2D eigenvalue weighted by Crippen LogP contribution is 2.23. The molecule has 3 heterocycles. The minimum atomic E-state index is 0.641. The molecule has 0 bridgehead atoms. The molecule has 6 nitrogen and oxygen atoms in total. The molecule has 0 saturated carbocycles. The highest BCUT2D eigenvalue weighted by molar-refractivity contribution is 5.55. The van der Waals surface area contributed by atoms with Gasteiger partial charge in [-0.05, 0) is 43.7 Å². The maximum atomic E-state index is 5.44. The van der Waals surface area contributed by atoms with Crippen molar-refractivity contribution in [1.82, 2.24) is 19.9 Å². The number of hydrogen-bond acceptors (Lipinski definition) is 6. The number of ether oxygens (including phenoxy) is 1. The van der Waals surface area contributed by atoms with Crippen LogP contribution in [0.1, 0.15) is 18.7 Å². The van der Waals surface area contributed by atoms with E-state index in [1.165, 1.54) is 19.4 Å². The van der Waals surface area contributed by atoms with Gasteiger partial charge in [0, 0.05) is 31.2 Å². The van der Waals surface area contributed by atoms with Crippen LogP contribution in [0.4, 0.5) is 0 Å². The van der Waals surface area contributed by atoms with Gasteiger partial charge in [0.15, 0.2) is 0 Å². The summed E-state index contributed by atoms with van der Waals surface area (Å²) in [7, 11) is 1.66. The molecule has 0 N–H and O–H groups in total. The van der Waals surface area contributed by atoms with Gasteiger partial charge >= 0.3 is 0 Å². The molecule has 0 aliphatic carbocycles. The Kier molecular flexibility index (Phi) is 4.01. The quantitative estimate of drug-likeness (QED) is 0.861. The van der Waals surface area contributed by atoms with Crippen LogP contribution in [0, 0.1) is 0 Å². The first-order valence-electron chi connectivity index (χ1n) is 8.25. The van der Waals surface area contributed by atoms with Gasteiger partial charge in [0.05, 0.1) is 13.7 Å². The Morgan fingerprint density at radius 3 is 2.91 bits per heavy atom. The third-order valence-corrected chi connectivity index (χ3v) is 4.85. The SMILES string of the molecule is COc1ccc(-c2noc(CN3CCN4CCC[C@@H]4C3)n2)cc1. The molecule has 2 saturated heterocycles. The molecule has 2 aromatic rings. The third-order valence-electron chi connectivity index (χ3n) is 4.85. The Morgan fingerprint density at radius 2 is 2.09 bits per heavy atom. The number of fused-ring (bicyclic) bond motifs is 1. The van der Waals surface area contributed by atoms with Crippen LogP contribution in [0.3, 0.4) is 0 Å². The number of nitrogens with zero attached hydrogens (tertiary/aromatic N) is 4. The summed E-state index contributed by atoms with van der Waals surface area (Å²) in [5.41, 5.74) is 0.946. The van der Waals surface area contributed by atoms with Gasteiger partial charge < -0.3 is 9.26 Å². The standard InChI is InChI=1S/C17H22N4O2/c1-22-15-6-4-13(5-7-15)17-18-16(23-19-17)12-20-9-10-21-8-2-3-14(21)11-20/h4-7,14H,2-3,8-12H2,1H3/t14-/m1/s1. The smallest absolute Gasteiger partial charge is 0.241 e. The van der Waals surface area contributed by atoms with Crippen molar-refractivity contribution in [3.05, 3.63) is 30.2 Å². The van der Waals surface area contributed by atoms with E-state index in [1.54, 1.807) is 7.11 Å². The summed E-state index contributed by atoms with van der Waals surface area (Å²) in [4.78, 5) is 9.57. The first-order valence-corrected chi connectivity index (χ1v) is 8.25. The molecule has 0 radical (unpaired) electrons. The first kappa shape index (κ1) is 14.7.